The van der Waals surface area contributed by atoms with E-state index in [1.54, 1.807) is 6.92 Å². The molecule has 58 valence electrons. The molecule has 10 heavy (non-hydrogen) atoms. The van der Waals surface area contributed by atoms with Gasteiger partial charge in [-0.1, -0.05) is 6.92 Å². The molecule has 0 aromatic rings. The molecule has 0 radical (unpaired) electrons. The lowest BCUT2D eigenvalue weighted by molar-refractivity contribution is -0.134. The molecule has 0 aliphatic carbocycles. The molecule has 3 nitrogen and oxygen atoms in total. The maximum atomic E-state index is 10.5. The second-order valence-corrected chi connectivity index (χ2v) is 1.79. The number of esters is 1. The normalized spacial score (nSPS) is 10.2. The van der Waals surface area contributed by atoms with E-state index in [-0.39, 0.29) is 5.97 Å². The van der Waals surface area contributed by atoms with E-state index in [1.165, 1.54) is 6.21 Å². The Balaban J connectivity index is 3.36. The van der Waals surface area contributed by atoms with Gasteiger partial charge in [0.25, 0.3) is 0 Å². The van der Waals surface area contributed by atoms with Crippen LogP contribution in [0.2, 0.25) is 0 Å². The molecule has 0 aliphatic rings. The molecular formula is C7H13NO2. The number of carbonyl (C=O) groups excluding carboxylic acids is 1. The molecule has 0 atom stereocenters. The highest BCUT2D eigenvalue weighted by Crippen LogP contribution is 1.77. The standard InChI is InChI=1S/C7H13NO2/c1-3-5-8-6-7(9)10-4-2/h6H,3-5H2,1-2H3. The van der Waals surface area contributed by atoms with Crippen LogP contribution in [0, 0.1) is 0 Å². The first-order valence-electron chi connectivity index (χ1n) is 3.47. The summed E-state index contributed by atoms with van der Waals surface area (Å²) in [6, 6.07) is 0. The maximum Gasteiger partial charge on any atom is 0.348 e. The van der Waals surface area contributed by atoms with E-state index in [0.29, 0.717) is 13.2 Å². The molecule has 0 aromatic carbocycles. The Bertz CT molecular complexity index is 121. The van der Waals surface area contributed by atoms with E-state index in [9.17, 15) is 4.79 Å². The van der Waals surface area contributed by atoms with Crippen LogP contribution in [-0.4, -0.2) is 25.3 Å². The molecule has 0 aliphatic heterocycles. The molecule has 3 heteroatoms. The topological polar surface area (TPSA) is 38.7 Å². The van der Waals surface area contributed by atoms with E-state index in [1.807, 2.05) is 6.92 Å². The Morgan fingerprint density at radius 3 is 2.80 bits per heavy atom. The highest BCUT2D eigenvalue weighted by Gasteiger charge is 1.91. The van der Waals surface area contributed by atoms with Gasteiger partial charge in [-0.15, -0.1) is 0 Å². The molecule has 0 fully saturated rings. The number of nitrogens with zero attached hydrogens (tertiary/aromatic N) is 1. The average molecular weight is 143 g/mol. The summed E-state index contributed by atoms with van der Waals surface area (Å²) in [7, 11) is 0. The third-order valence-electron chi connectivity index (χ3n) is 0.836. The first-order valence-corrected chi connectivity index (χ1v) is 3.47. The summed E-state index contributed by atoms with van der Waals surface area (Å²) in [4.78, 5) is 14.4. The van der Waals surface area contributed by atoms with Crippen LogP contribution < -0.4 is 0 Å². The largest absolute Gasteiger partial charge is 0.462 e. The molecule has 0 saturated heterocycles. The summed E-state index contributed by atoms with van der Waals surface area (Å²) in [6.45, 7) is 4.88. The second kappa shape index (κ2) is 6.26. The summed E-state index contributed by atoms with van der Waals surface area (Å²) >= 11 is 0. The average Bonchev–Trinajstić information content (AvgIpc) is 1.89. The Morgan fingerprint density at radius 2 is 2.30 bits per heavy atom. The van der Waals surface area contributed by atoms with Crippen molar-refractivity contribution in [1.82, 2.24) is 0 Å². The van der Waals surface area contributed by atoms with Crippen molar-refractivity contribution in [3.8, 4) is 0 Å². The molecule has 0 amide bonds. The van der Waals surface area contributed by atoms with Gasteiger partial charge in [-0.05, 0) is 13.3 Å². The van der Waals surface area contributed by atoms with E-state index in [2.05, 4.69) is 9.73 Å². The number of carbonyl (C=O) groups is 1. The fourth-order valence-corrected chi connectivity index (χ4v) is 0.448. The van der Waals surface area contributed by atoms with Crippen molar-refractivity contribution < 1.29 is 9.53 Å². The highest BCUT2D eigenvalue weighted by atomic mass is 16.5. The van der Waals surface area contributed by atoms with Crippen LogP contribution in [0.4, 0.5) is 0 Å². The third kappa shape index (κ3) is 5.28. The fraction of sp³-hybridized carbons (Fsp3) is 0.714. The minimum absolute atomic E-state index is 0.351. The van der Waals surface area contributed by atoms with Crippen molar-refractivity contribution in [1.29, 1.82) is 0 Å². The summed E-state index contributed by atoms with van der Waals surface area (Å²) < 4.78 is 4.60. The van der Waals surface area contributed by atoms with Gasteiger partial charge in [-0.25, -0.2) is 4.79 Å². The Morgan fingerprint density at radius 1 is 1.60 bits per heavy atom. The van der Waals surface area contributed by atoms with Crippen LogP contribution in [0.3, 0.4) is 0 Å². The van der Waals surface area contributed by atoms with Crippen molar-refractivity contribution in [3.05, 3.63) is 0 Å². The Labute approximate surface area is 61.1 Å². The predicted octanol–water partition coefficient (Wildman–Crippen LogP) is 1.03. The first kappa shape index (κ1) is 9.14. The van der Waals surface area contributed by atoms with Gasteiger partial charge in [0.1, 0.15) is 6.21 Å². The van der Waals surface area contributed by atoms with Crippen molar-refractivity contribution in [2.45, 2.75) is 20.3 Å². The monoisotopic (exact) mass is 143 g/mol. The second-order valence-electron chi connectivity index (χ2n) is 1.79. The van der Waals surface area contributed by atoms with E-state index < -0.39 is 0 Å². The smallest absolute Gasteiger partial charge is 0.348 e. The number of rotatable bonds is 4. The van der Waals surface area contributed by atoms with Gasteiger partial charge in [0.2, 0.25) is 0 Å². The van der Waals surface area contributed by atoms with Crippen LogP contribution >= 0.6 is 0 Å². The SMILES string of the molecule is CCCN=CC(=O)OCC. The predicted molar refractivity (Wildman–Crippen MR) is 40.3 cm³/mol. The number of ether oxygens (including phenoxy) is 1. The third-order valence-corrected chi connectivity index (χ3v) is 0.836. The van der Waals surface area contributed by atoms with Crippen LogP contribution in [-0.2, 0) is 9.53 Å². The molecule has 0 heterocycles. The van der Waals surface area contributed by atoms with Crippen LogP contribution in [0.1, 0.15) is 20.3 Å². The maximum absolute atomic E-state index is 10.5. The van der Waals surface area contributed by atoms with Gasteiger partial charge in [-0.3, -0.25) is 4.99 Å². The molecule has 0 aromatic heterocycles. The van der Waals surface area contributed by atoms with Crippen LogP contribution in [0.5, 0.6) is 0 Å². The first-order chi connectivity index (χ1) is 4.81. The summed E-state index contributed by atoms with van der Waals surface area (Å²) in [5.41, 5.74) is 0. The van der Waals surface area contributed by atoms with Gasteiger partial charge in [-0.2, -0.15) is 0 Å². The number of hydrogen-bond acceptors (Lipinski definition) is 3. The minimum Gasteiger partial charge on any atom is -0.462 e. The lowest BCUT2D eigenvalue weighted by atomic mass is 10.5. The summed E-state index contributed by atoms with van der Waals surface area (Å²) in [6.07, 6.45) is 2.18. The Hall–Kier alpha value is -0.860. The van der Waals surface area contributed by atoms with Gasteiger partial charge in [0, 0.05) is 6.54 Å². The summed E-state index contributed by atoms with van der Waals surface area (Å²) in [5.74, 6) is -0.351. The minimum atomic E-state index is -0.351. The highest BCUT2D eigenvalue weighted by molar-refractivity contribution is 6.23. The van der Waals surface area contributed by atoms with E-state index >= 15 is 0 Å². The van der Waals surface area contributed by atoms with Crippen molar-refractivity contribution in [2.75, 3.05) is 13.2 Å². The van der Waals surface area contributed by atoms with Crippen molar-refractivity contribution >= 4 is 12.2 Å². The van der Waals surface area contributed by atoms with E-state index in [0.717, 1.165) is 6.42 Å². The molecular weight excluding hydrogens is 130 g/mol. The lowest BCUT2D eigenvalue weighted by Gasteiger charge is -1.92. The number of aliphatic imine (C=N–C) groups is 1. The summed E-state index contributed by atoms with van der Waals surface area (Å²) in [5, 5.41) is 0. The zero-order valence-electron chi connectivity index (χ0n) is 6.46. The van der Waals surface area contributed by atoms with Crippen LogP contribution in [0.15, 0.2) is 4.99 Å². The molecule has 0 bridgehead atoms. The molecule has 0 N–H and O–H groups in total. The zero-order valence-corrected chi connectivity index (χ0v) is 6.46. The fourth-order valence-electron chi connectivity index (χ4n) is 0.448. The van der Waals surface area contributed by atoms with Crippen molar-refractivity contribution in [3.63, 3.8) is 0 Å². The van der Waals surface area contributed by atoms with Gasteiger partial charge in [0.05, 0.1) is 6.61 Å². The molecule has 0 unspecified atom stereocenters. The molecule has 0 rings (SSSR count). The van der Waals surface area contributed by atoms with Gasteiger partial charge >= 0.3 is 5.97 Å². The van der Waals surface area contributed by atoms with Gasteiger partial charge in [0.15, 0.2) is 0 Å². The van der Waals surface area contributed by atoms with E-state index in [4.69, 9.17) is 0 Å². The van der Waals surface area contributed by atoms with Crippen molar-refractivity contribution in [2.24, 2.45) is 4.99 Å². The Kier molecular flexibility index (Phi) is 5.72. The number of hydrogen-bond donors (Lipinski definition) is 0. The zero-order chi connectivity index (χ0) is 7.82. The van der Waals surface area contributed by atoms with Crippen LogP contribution in [0.25, 0.3) is 0 Å². The quantitative estimate of drug-likeness (QED) is 0.435. The lowest BCUT2D eigenvalue weighted by Crippen LogP contribution is -2.04. The molecule has 0 saturated carbocycles. The van der Waals surface area contributed by atoms with Gasteiger partial charge < -0.3 is 4.74 Å². The molecule has 0 spiro atoms.